The van der Waals surface area contributed by atoms with Gasteiger partial charge in [0.2, 0.25) is 0 Å². The predicted molar refractivity (Wildman–Crippen MR) is 124 cm³/mol. The number of rotatable bonds is 7. The predicted octanol–water partition coefficient (Wildman–Crippen LogP) is 4.01. The Hall–Kier alpha value is -1.81. The monoisotopic (exact) mass is 546 g/mol. The second-order valence-electron chi connectivity index (χ2n) is 5.85. The molecule has 0 unspecified atom stereocenters. The third-order valence-corrected chi connectivity index (χ3v) is 3.76. The minimum Gasteiger partial charge on any atom is -0.491 e. The van der Waals surface area contributed by atoms with Gasteiger partial charge in [0.15, 0.2) is 5.96 Å². The Balaban J connectivity index is 0.00000364. The van der Waals surface area contributed by atoms with Gasteiger partial charge < -0.3 is 21.1 Å². The SMILES string of the molecule is CC(C)Oc1ccc(NC(N)=NCCNC(=O)c2cccc(Br)c2)cc1.I. The van der Waals surface area contributed by atoms with Gasteiger partial charge in [-0.15, -0.1) is 24.0 Å². The van der Waals surface area contributed by atoms with Gasteiger partial charge >= 0.3 is 0 Å². The fourth-order valence-electron chi connectivity index (χ4n) is 2.15. The number of nitrogens with two attached hydrogens (primary N) is 1. The maximum Gasteiger partial charge on any atom is 0.251 e. The van der Waals surface area contributed by atoms with Crippen LogP contribution in [0.4, 0.5) is 5.69 Å². The van der Waals surface area contributed by atoms with Crippen LogP contribution in [0, 0.1) is 0 Å². The van der Waals surface area contributed by atoms with Crippen LogP contribution >= 0.6 is 39.9 Å². The van der Waals surface area contributed by atoms with E-state index in [9.17, 15) is 4.79 Å². The number of nitrogens with one attached hydrogen (secondary N) is 2. The molecule has 0 heterocycles. The Morgan fingerprint density at radius 3 is 2.56 bits per heavy atom. The van der Waals surface area contributed by atoms with E-state index in [0.29, 0.717) is 24.6 Å². The number of amides is 1. The molecule has 2 aromatic carbocycles. The molecule has 0 aromatic heterocycles. The molecule has 0 fully saturated rings. The van der Waals surface area contributed by atoms with E-state index in [2.05, 4.69) is 31.6 Å². The molecular weight excluding hydrogens is 523 g/mol. The molecule has 146 valence electrons. The molecule has 1 amide bonds. The maximum absolute atomic E-state index is 12.0. The van der Waals surface area contributed by atoms with Crippen LogP contribution in [0.5, 0.6) is 5.75 Å². The minimum absolute atomic E-state index is 0. The van der Waals surface area contributed by atoms with Crippen LogP contribution in [-0.4, -0.2) is 31.1 Å². The zero-order valence-corrected chi connectivity index (χ0v) is 19.2. The number of hydrogen-bond donors (Lipinski definition) is 3. The molecule has 27 heavy (non-hydrogen) atoms. The molecule has 4 N–H and O–H groups in total. The van der Waals surface area contributed by atoms with Gasteiger partial charge in [0, 0.05) is 22.3 Å². The van der Waals surface area contributed by atoms with Crippen LogP contribution in [0.1, 0.15) is 24.2 Å². The number of carbonyl (C=O) groups is 1. The summed E-state index contributed by atoms with van der Waals surface area (Å²) in [7, 11) is 0. The highest BCUT2D eigenvalue weighted by Gasteiger charge is 2.04. The number of nitrogens with zero attached hydrogens (tertiary/aromatic N) is 1. The molecular formula is C19H24BrIN4O2. The van der Waals surface area contributed by atoms with Crippen molar-refractivity contribution in [1.82, 2.24) is 5.32 Å². The number of guanidine groups is 1. The Morgan fingerprint density at radius 2 is 1.93 bits per heavy atom. The lowest BCUT2D eigenvalue weighted by molar-refractivity contribution is 0.0954. The first kappa shape index (κ1) is 23.2. The first-order chi connectivity index (χ1) is 12.4. The number of halogens is 2. The second-order valence-corrected chi connectivity index (χ2v) is 6.76. The van der Waals surface area contributed by atoms with E-state index in [1.807, 2.05) is 50.2 Å². The first-order valence-corrected chi connectivity index (χ1v) is 9.11. The average Bonchev–Trinajstić information content (AvgIpc) is 2.60. The summed E-state index contributed by atoms with van der Waals surface area (Å²) in [6.45, 7) is 4.74. The quantitative estimate of drug-likeness (QED) is 0.212. The summed E-state index contributed by atoms with van der Waals surface area (Å²) >= 11 is 3.34. The highest BCUT2D eigenvalue weighted by Crippen LogP contribution is 2.16. The number of aliphatic imine (C=N–C) groups is 1. The Bertz CT molecular complexity index is 767. The third kappa shape index (κ3) is 8.61. The molecule has 0 atom stereocenters. The van der Waals surface area contributed by atoms with Gasteiger partial charge in [-0.05, 0) is 56.3 Å². The normalized spacial score (nSPS) is 10.9. The number of benzene rings is 2. The summed E-state index contributed by atoms with van der Waals surface area (Å²) in [6, 6.07) is 14.7. The van der Waals surface area contributed by atoms with Crippen LogP contribution in [0.3, 0.4) is 0 Å². The summed E-state index contributed by atoms with van der Waals surface area (Å²) in [5.41, 5.74) is 7.28. The Kier molecular flexibility index (Phi) is 10.2. The zero-order valence-electron chi connectivity index (χ0n) is 15.2. The number of ether oxygens (including phenoxy) is 1. The molecule has 0 aliphatic carbocycles. The van der Waals surface area contributed by atoms with Crippen molar-refractivity contribution in [3.8, 4) is 5.75 Å². The molecule has 0 radical (unpaired) electrons. The lowest BCUT2D eigenvalue weighted by Crippen LogP contribution is -2.28. The highest BCUT2D eigenvalue weighted by atomic mass is 127. The molecule has 0 aliphatic heterocycles. The Labute approximate surface area is 185 Å². The van der Waals surface area contributed by atoms with Crippen molar-refractivity contribution in [3.05, 3.63) is 58.6 Å². The lowest BCUT2D eigenvalue weighted by atomic mass is 10.2. The molecule has 0 aliphatic rings. The van der Waals surface area contributed by atoms with Crippen molar-refractivity contribution in [2.45, 2.75) is 20.0 Å². The van der Waals surface area contributed by atoms with Crippen LogP contribution in [0.15, 0.2) is 58.0 Å². The van der Waals surface area contributed by atoms with Gasteiger partial charge in [-0.3, -0.25) is 9.79 Å². The van der Waals surface area contributed by atoms with Crippen molar-refractivity contribution in [2.75, 3.05) is 18.4 Å². The Morgan fingerprint density at radius 1 is 1.22 bits per heavy atom. The van der Waals surface area contributed by atoms with Crippen molar-refractivity contribution >= 4 is 57.5 Å². The van der Waals surface area contributed by atoms with Crippen molar-refractivity contribution in [3.63, 3.8) is 0 Å². The molecule has 8 heteroatoms. The third-order valence-electron chi connectivity index (χ3n) is 3.26. The average molecular weight is 547 g/mol. The van der Waals surface area contributed by atoms with Crippen LogP contribution in [0.25, 0.3) is 0 Å². The number of carbonyl (C=O) groups excluding carboxylic acids is 1. The first-order valence-electron chi connectivity index (χ1n) is 8.31. The van der Waals surface area contributed by atoms with Crippen LogP contribution in [0.2, 0.25) is 0 Å². The fourth-order valence-corrected chi connectivity index (χ4v) is 2.55. The second kappa shape index (κ2) is 11.8. The van der Waals surface area contributed by atoms with Gasteiger partial charge in [0.25, 0.3) is 5.91 Å². The fraction of sp³-hybridized carbons (Fsp3) is 0.263. The van der Waals surface area contributed by atoms with E-state index in [4.69, 9.17) is 10.5 Å². The van der Waals surface area contributed by atoms with Gasteiger partial charge in [0.1, 0.15) is 5.75 Å². The van der Waals surface area contributed by atoms with E-state index >= 15 is 0 Å². The van der Waals surface area contributed by atoms with Gasteiger partial charge in [-0.25, -0.2) is 0 Å². The summed E-state index contributed by atoms with van der Waals surface area (Å²) in [5, 5.41) is 5.81. The molecule has 6 nitrogen and oxygen atoms in total. The molecule has 2 rings (SSSR count). The molecule has 0 spiro atoms. The molecule has 0 bridgehead atoms. The standard InChI is InChI=1S/C19H23BrN4O2.HI/c1-13(2)26-17-8-6-16(7-9-17)24-19(21)23-11-10-22-18(25)14-4-3-5-15(20)12-14;/h3-9,12-13H,10-11H2,1-2H3,(H,22,25)(H3,21,23,24);1H. The van der Waals surface area contributed by atoms with Crippen molar-refractivity contribution in [1.29, 1.82) is 0 Å². The number of hydrogen-bond acceptors (Lipinski definition) is 3. The highest BCUT2D eigenvalue weighted by molar-refractivity contribution is 14.0. The minimum atomic E-state index is -0.145. The van der Waals surface area contributed by atoms with Crippen molar-refractivity contribution in [2.24, 2.45) is 10.7 Å². The van der Waals surface area contributed by atoms with E-state index in [1.54, 1.807) is 12.1 Å². The largest absolute Gasteiger partial charge is 0.491 e. The van der Waals surface area contributed by atoms with Gasteiger partial charge in [0.05, 0.1) is 12.6 Å². The van der Waals surface area contributed by atoms with Crippen LogP contribution in [-0.2, 0) is 0 Å². The summed E-state index contributed by atoms with van der Waals surface area (Å²) in [4.78, 5) is 16.2. The summed E-state index contributed by atoms with van der Waals surface area (Å²) < 4.78 is 6.45. The summed E-state index contributed by atoms with van der Waals surface area (Å²) in [6.07, 6.45) is 0.132. The molecule has 0 saturated carbocycles. The van der Waals surface area contributed by atoms with Crippen LogP contribution < -0.4 is 21.1 Å². The number of anilines is 1. The maximum atomic E-state index is 12.0. The lowest BCUT2D eigenvalue weighted by Gasteiger charge is -2.11. The van der Waals surface area contributed by atoms with E-state index in [1.165, 1.54) is 0 Å². The van der Waals surface area contributed by atoms with Crippen molar-refractivity contribution < 1.29 is 9.53 Å². The zero-order chi connectivity index (χ0) is 18.9. The molecule has 0 saturated heterocycles. The summed E-state index contributed by atoms with van der Waals surface area (Å²) in [5.74, 6) is 0.948. The van der Waals surface area contributed by atoms with E-state index in [-0.39, 0.29) is 36.0 Å². The van der Waals surface area contributed by atoms with Gasteiger partial charge in [-0.1, -0.05) is 22.0 Å². The smallest absolute Gasteiger partial charge is 0.251 e. The molecule has 2 aromatic rings. The van der Waals surface area contributed by atoms with Gasteiger partial charge in [-0.2, -0.15) is 0 Å². The van der Waals surface area contributed by atoms with E-state index in [0.717, 1.165) is 15.9 Å². The van der Waals surface area contributed by atoms with E-state index < -0.39 is 0 Å². The topological polar surface area (TPSA) is 88.7 Å².